The Morgan fingerprint density at radius 1 is 1.43 bits per heavy atom. The van der Waals surface area contributed by atoms with Gasteiger partial charge in [0.1, 0.15) is 17.1 Å². The molecule has 0 bridgehead atoms. The number of imidazole rings is 1. The van der Waals surface area contributed by atoms with Crippen LogP contribution < -0.4 is 16.4 Å². The van der Waals surface area contributed by atoms with Gasteiger partial charge < -0.3 is 20.9 Å². The van der Waals surface area contributed by atoms with Gasteiger partial charge in [0, 0.05) is 31.9 Å². The molecule has 4 N–H and O–H groups in total. The molecule has 2 aromatic rings. The Morgan fingerprint density at radius 2 is 2.29 bits per heavy atom. The number of hydrogen-bond acceptors (Lipinski definition) is 7. The first kappa shape index (κ1) is 14.1. The van der Waals surface area contributed by atoms with Gasteiger partial charge in [-0.05, 0) is 0 Å². The summed E-state index contributed by atoms with van der Waals surface area (Å²) >= 11 is 1.59. The van der Waals surface area contributed by atoms with E-state index in [2.05, 4.69) is 19.9 Å². The largest absolute Gasteiger partial charge is 0.369 e. The first-order valence-corrected chi connectivity index (χ1v) is 7.77. The van der Waals surface area contributed by atoms with Gasteiger partial charge in [0.15, 0.2) is 11.5 Å². The summed E-state index contributed by atoms with van der Waals surface area (Å²) in [6.45, 7) is 2.53. The highest BCUT2D eigenvalue weighted by atomic mass is 32.2. The molecule has 0 spiro atoms. The topological polar surface area (TPSA) is 116 Å². The van der Waals surface area contributed by atoms with E-state index >= 15 is 0 Å². The van der Waals surface area contributed by atoms with Crippen molar-refractivity contribution >= 4 is 34.7 Å². The lowest BCUT2D eigenvalue weighted by Gasteiger charge is -2.32. The summed E-state index contributed by atoms with van der Waals surface area (Å²) < 4.78 is 1.95. The molecule has 9 heteroatoms. The molecule has 0 aliphatic carbocycles. The van der Waals surface area contributed by atoms with Gasteiger partial charge in [-0.2, -0.15) is 0 Å². The van der Waals surface area contributed by atoms with Crippen LogP contribution >= 0.6 is 11.8 Å². The number of nitrogens with two attached hydrogens (primary N) is 2. The Bertz CT molecular complexity index is 658. The number of rotatable bonds is 4. The number of carbonyl (C=O) groups is 1. The van der Waals surface area contributed by atoms with E-state index in [1.807, 2.05) is 4.57 Å². The van der Waals surface area contributed by atoms with Crippen molar-refractivity contribution in [1.29, 1.82) is 0 Å². The number of aromatic nitrogens is 4. The van der Waals surface area contributed by atoms with Gasteiger partial charge in [-0.3, -0.25) is 4.79 Å². The molecule has 1 aliphatic rings. The monoisotopic (exact) mass is 307 g/mol. The average Bonchev–Trinajstić information content (AvgIpc) is 2.91. The maximum atomic E-state index is 11.4. The molecule has 21 heavy (non-hydrogen) atoms. The van der Waals surface area contributed by atoms with Gasteiger partial charge in [-0.15, -0.1) is 11.8 Å². The molecule has 3 heterocycles. The summed E-state index contributed by atoms with van der Waals surface area (Å²) in [5.74, 6) is 1.34. The number of carbonyl (C=O) groups excluding carboxylic acids is 1. The SMILES string of the molecule is NCCn1cnc2ncnc(N3CCSC(C(N)=O)C3)c21. The van der Waals surface area contributed by atoms with Crippen molar-refractivity contribution < 1.29 is 4.79 Å². The van der Waals surface area contributed by atoms with Crippen molar-refractivity contribution in [3.63, 3.8) is 0 Å². The maximum absolute atomic E-state index is 11.4. The maximum Gasteiger partial charge on any atom is 0.232 e. The zero-order chi connectivity index (χ0) is 14.8. The predicted molar refractivity (Wildman–Crippen MR) is 82.0 cm³/mol. The number of anilines is 1. The van der Waals surface area contributed by atoms with E-state index in [1.54, 1.807) is 18.1 Å². The smallest absolute Gasteiger partial charge is 0.232 e. The van der Waals surface area contributed by atoms with Gasteiger partial charge in [0.25, 0.3) is 0 Å². The van der Waals surface area contributed by atoms with Crippen LogP contribution in [0.1, 0.15) is 0 Å². The van der Waals surface area contributed by atoms with Crippen molar-refractivity contribution in [3.05, 3.63) is 12.7 Å². The van der Waals surface area contributed by atoms with Crippen LogP contribution in [0.15, 0.2) is 12.7 Å². The Morgan fingerprint density at radius 3 is 3.05 bits per heavy atom. The molecular formula is C12H17N7OS. The molecule has 0 saturated carbocycles. The summed E-state index contributed by atoms with van der Waals surface area (Å²) in [6.07, 6.45) is 3.22. The second-order valence-electron chi connectivity index (χ2n) is 4.80. The number of thioether (sulfide) groups is 1. The van der Waals surface area contributed by atoms with E-state index in [-0.39, 0.29) is 11.2 Å². The number of amides is 1. The molecule has 0 aromatic carbocycles. The van der Waals surface area contributed by atoms with Gasteiger partial charge in [0.05, 0.1) is 6.33 Å². The Kier molecular flexibility index (Phi) is 3.93. The standard InChI is InChI=1S/C12H17N7OS/c13-1-2-19-7-17-11-9(19)12(16-6-15-11)18-3-4-21-8(5-18)10(14)20/h6-8H,1-5,13H2,(H2,14,20). The molecule has 3 rings (SSSR count). The Balaban J connectivity index is 1.99. The van der Waals surface area contributed by atoms with Gasteiger partial charge in [-0.1, -0.05) is 0 Å². The highest BCUT2D eigenvalue weighted by Crippen LogP contribution is 2.27. The number of nitrogens with zero attached hydrogens (tertiary/aromatic N) is 5. The van der Waals surface area contributed by atoms with Crippen molar-refractivity contribution in [3.8, 4) is 0 Å². The minimum absolute atomic E-state index is 0.213. The van der Waals surface area contributed by atoms with Crippen molar-refractivity contribution in [1.82, 2.24) is 19.5 Å². The molecule has 1 saturated heterocycles. The summed E-state index contributed by atoms with van der Waals surface area (Å²) in [6, 6.07) is 0. The molecule has 1 fully saturated rings. The minimum Gasteiger partial charge on any atom is -0.369 e. The van der Waals surface area contributed by atoms with Gasteiger partial charge >= 0.3 is 0 Å². The summed E-state index contributed by atoms with van der Waals surface area (Å²) in [5.41, 5.74) is 12.6. The molecule has 1 unspecified atom stereocenters. The number of primary amides is 1. The Hall–Kier alpha value is -1.87. The fourth-order valence-corrected chi connectivity index (χ4v) is 3.51. The lowest BCUT2D eigenvalue weighted by molar-refractivity contribution is -0.117. The molecule has 1 aliphatic heterocycles. The molecular weight excluding hydrogens is 290 g/mol. The molecule has 8 nitrogen and oxygen atoms in total. The van der Waals surface area contributed by atoms with E-state index in [0.29, 0.717) is 25.3 Å². The third-order valence-corrected chi connectivity index (χ3v) is 4.65. The van der Waals surface area contributed by atoms with Crippen LogP contribution in [0.4, 0.5) is 5.82 Å². The number of fused-ring (bicyclic) bond motifs is 1. The second-order valence-corrected chi connectivity index (χ2v) is 6.11. The van der Waals surface area contributed by atoms with Crippen molar-refractivity contribution in [2.24, 2.45) is 11.5 Å². The molecule has 0 radical (unpaired) electrons. The van der Waals surface area contributed by atoms with Crippen LogP contribution in [0, 0.1) is 0 Å². The molecule has 2 aromatic heterocycles. The van der Waals surface area contributed by atoms with Crippen molar-refractivity contribution in [2.45, 2.75) is 11.8 Å². The van der Waals surface area contributed by atoms with Crippen LogP contribution in [-0.4, -0.2) is 56.1 Å². The zero-order valence-electron chi connectivity index (χ0n) is 11.5. The first-order valence-electron chi connectivity index (χ1n) is 6.72. The third kappa shape index (κ3) is 2.66. The highest BCUT2D eigenvalue weighted by Gasteiger charge is 2.27. The summed E-state index contributed by atoms with van der Waals surface area (Å²) in [5, 5.41) is -0.213. The van der Waals surface area contributed by atoms with Crippen LogP contribution in [0.2, 0.25) is 0 Å². The predicted octanol–water partition coefficient (Wildman–Crippen LogP) is -0.808. The van der Waals surface area contributed by atoms with Gasteiger partial charge in [0.2, 0.25) is 5.91 Å². The minimum atomic E-state index is -0.287. The van der Waals surface area contributed by atoms with E-state index in [4.69, 9.17) is 11.5 Å². The summed E-state index contributed by atoms with van der Waals surface area (Å²) in [7, 11) is 0. The van der Waals surface area contributed by atoms with E-state index < -0.39 is 0 Å². The fraction of sp³-hybridized carbons (Fsp3) is 0.500. The van der Waals surface area contributed by atoms with Crippen LogP contribution in [0.3, 0.4) is 0 Å². The Labute approximate surface area is 125 Å². The van der Waals surface area contributed by atoms with E-state index in [1.165, 1.54) is 6.33 Å². The van der Waals surface area contributed by atoms with Crippen LogP contribution in [-0.2, 0) is 11.3 Å². The van der Waals surface area contributed by atoms with Crippen molar-refractivity contribution in [2.75, 3.05) is 30.3 Å². The fourth-order valence-electron chi connectivity index (χ4n) is 2.45. The quantitative estimate of drug-likeness (QED) is 0.759. The molecule has 112 valence electrons. The lowest BCUT2D eigenvalue weighted by atomic mass is 10.3. The lowest BCUT2D eigenvalue weighted by Crippen LogP contribution is -2.44. The number of hydrogen-bond donors (Lipinski definition) is 2. The summed E-state index contributed by atoms with van der Waals surface area (Å²) in [4.78, 5) is 26.4. The highest BCUT2D eigenvalue weighted by molar-refractivity contribution is 8.00. The third-order valence-electron chi connectivity index (χ3n) is 3.44. The first-order chi connectivity index (χ1) is 10.2. The average molecular weight is 307 g/mol. The van der Waals surface area contributed by atoms with Crippen LogP contribution in [0.25, 0.3) is 11.2 Å². The van der Waals surface area contributed by atoms with E-state index in [0.717, 1.165) is 23.6 Å². The van der Waals surface area contributed by atoms with E-state index in [9.17, 15) is 4.79 Å². The molecule has 1 atom stereocenters. The second kappa shape index (κ2) is 5.86. The van der Waals surface area contributed by atoms with Crippen LogP contribution in [0.5, 0.6) is 0 Å². The molecule has 1 amide bonds. The van der Waals surface area contributed by atoms with Gasteiger partial charge in [-0.25, -0.2) is 15.0 Å². The normalized spacial score (nSPS) is 19.1. The zero-order valence-corrected chi connectivity index (χ0v) is 12.3.